The topological polar surface area (TPSA) is 41.1 Å². The Morgan fingerprint density at radius 3 is 2.15 bits per heavy atom. The molecule has 0 heterocycles. The zero-order chi connectivity index (χ0) is 24.0. The Balaban J connectivity index is 1.85. The van der Waals surface area contributed by atoms with Gasteiger partial charge in [0.05, 0.1) is 10.6 Å². The number of likely N-dealkylation sites (N-methyl/N-ethyl adjacent to an activating group) is 1. The smallest absolute Gasteiger partial charge is 0.358 e. The number of hydrogen-bond acceptors (Lipinski definition) is 2. The maximum atomic E-state index is 13.7. The van der Waals surface area contributed by atoms with Gasteiger partial charge in [0.25, 0.3) is 0 Å². The van der Waals surface area contributed by atoms with Crippen molar-refractivity contribution in [2.24, 2.45) is 0 Å². The van der Waals surface area contributed by atoms with Gasteiger partial charge in [0, 0.05) is 13.0 Å². The number of benzene rings is 3. The number of hydrogen-bond donors (Lipinski definition) is 2. The van der Waals surface area contributed by atoms with Crippen molar-refractivity contribution in [3.05, 3.63) is 106 Å². The first-order chi connectivity index (χ1) is 15.7. The fourth-order valence-corrected chi connectivity index (χ4v) is 3.87. The van der Waals surface area contributed by atoms with Crippen LogP contribution in [0.15, 0.2) is 72.8 Å². The number of carbonyl (C=O) groups excluding carboxylic acids is 1. The summed E-state index contributed by atoms with van der Waals surface area (Å²) in [4.78, 5) is 12.4. The standard InChI is InChI=1S/C25H23ClF4N2O/c1-31-24(33)23(17-5-3-2-4-6-17)32-14-13-20(18-9-12-22(27)21(26)15-18)16-7-10-19(11-8-16)25(28,29)30/h2-12,15,20,23,32H,13-14H2,1H3,(H,31,33)/t20-,23+/m0/s1. The number of alkyl halides is 3. The minimum absolute atomic E-state index is 0.0649. The summed E-state index contributed by atoms with van der Waals surface area (Å²) in [6, 6.07) is 17.7. The van der Waals surface area contributed by atoms with Crippen LogP contribution >= 0.6 is 11.6 Å². The summed E-state index contributed by atoms with van der Waals surface area (Å²) in [6.45, 7) is 0.369. The molecular formula is C25H23ClF4N2O. The van der Waals surface area contributed by atoms with E-state index < -0.39 is 23.6 Å². The summed E-state index contributed by atoms with van der Waals surface area (Å²) in [5, 5.41) is 5.79. The van der Waals surface area contributed by atoms with Gasteiger partial charge in [-0.3, -0.25) is 4.79 Å². The predicted octanol–water partition coefficient (Wildman–Crippen LogP) is 6.10. The molecular weight excluding hydrogens is 456 g/mol. The molecule has 0 saturated heterocycles. The lowest BCUT2D eigenvalue weighted by molar-refractivity contribution is -0.137. The van der Waals surface area contributed by atoms with Crippen LogP contribution < -0.4 is 10.6 Å². The SMILES string of the molecule is CNC(=O)[C@H](NCC[C@@H](c1ccc(C(F)(F)F)cc1)c1ccc(F)c(Cl)c1)c1ccccc1. The highest BCUT2D eigenvalue weighted by atomic mass is 35.5. The second-order valence-corrected chi connectivity index (χ2v) is 7.95. The fourth-order valence-electron chi connectivity index (χ4n) is 3.68. The lowest BCUT2D eigenvalue weighted by atomic mass is 9.88. The summed E-state index contributed by atoms with van der Waals surface area (Å²) in [5.41, 5.74) is 1.33. The normalized spacial score (nSPS) is 13.4. The molecule has 8 heteroatoms. The Bertz CT molecular complexity index is 1070. The van der Waals surface area contributed by atoms with Crippen LogP contribution in [0.5, 0.6) is 0 Å². The van der Waals surface area contributed by atoms with Crippen molar-refractivity contribution in [3.63, 3.8) is 0 Å². The fraction of sp³-hybridized carbons (Fsp3) is 0.240. The van der Waals surface area contributed by atoms with E-state index in [1.54, 1.807) is 13.1 Å². The average Bonchev–Trinajstić information content (AvgIpc) is 2.81. The van der Waals surface area contributed by atoms with Crippen LogP contribution in [0, 0.1) is 5.82 Å². The van der Waals surface area contributed by atoms with E-state index in [1.165, 1.54) is 24.3 Å². The first-order valence-electron chi connectivity index (χ1n) is 10.3. The van der Waals surface area contributed by atoms with Gasteiger partial charge in [0.15, 0.2) is 0 Å². The molecule has 0 bridgehead atoms. The Kier molecular flexibility index (Phi) is 8.10. The molecule has 0 fully saturated rings. The van der Waals surface area contributed by atoms with E-state index in [4.69, 9.17) is 11.6 Å². The number of nitrogens with one attached hydrogen (secondary N) is 2. The molecule has 0 aromatic heterocycles. The second kappa shape index (κ2) is 10.8. The third kappa shape index (κ3) is 6.33. The third-order valence-corrected chi connectivity index (χ3v) is 5.70. The lowest BCUT2D eigenvalue weighted by Crippen LogP contribution is -2.36. The van der Waals surface area contributed by atoms with Gasteiger partial charge in [-0.15, -0.1) is 0 Å². The molecule has 1 amide bonds. The minimum Gasteiger partial charge on any atom is -0.358 e. The van der Waals surface area contributed by atoms with E-state index in [1.807, 2.05) is 30.3 Å². The monoisotopic (exact) mass is 478 g/mol. The van der Waals surface area contributed by atoms with Crippen LogP contribution in [-0.4, -0.2) is 19.5 Å². The molecule has 3 nitrogen and oxygen atoms in total. The number of carbonyl (C=O) groups is 1. The molecule has 3 rings (SSSR count). The number of amides is 1. The van der Waals surface area contributed by atoms with Gasteiger partial charge in [-0.2, -0.15) is 13.2 Å². The molecule has 3 aromatic carbocycles. The zero-order valence-electron chi connectivity index (χ0n) is 17.8. The van der Waals surface area contributed by atoms with Crippen LogP contribution in [0.3, 0.4) is 0 Å². The van der Waals surface area contributed by atoms with Crippen LogP contribution in [0.2, 0.25) is 5.02 Å². The van der Waals surface area contributed by atoms with E-state index in [2.05, 4.69) is 10.6 Å². The lowest BCUT2D eigenvalue weighted by Gasteiger charge is -2.22. The van der Waals surface area contributed by atoms with E-state index in [0.717, 1.165) is 17.7 Å². The van der Waals surface area contributed by atoms with Crippen molar-refractivity contribution in [2.45, 2.75) is 24.6 Å². The van der Waals surface area contributed by atoms with Crippen LogP contribution in [-0.2, 0) is 11.0 Å². The molecule has 33 heavy (non-hydrogen) atoms. The molecule has 0 spiro atoms. The first-order valence-corrected chi connectivity index (χ1v) is 10.7. The van der Waals surface area contributed by atoms with E-state index in [-0.39, 0.29) is 16.8 Å². The van der Waals surface area contributed by atoms with Crippen molar-refractivity contribution < 1.29 is 22.4 Å². The summed E-state index contributed by atoms with van der Waals surface area (Å²) in [5.74, 6) is -1.15. The summed E-state index contributed by atoms with van der Waals surface area (Å²) >= 11 is 5.96. The highest BCUT2D eigenvalue weighted by molar-refractivity contribution is 6.30. The Labute approximate surface area is 194 Å². The summed E-state index contributed by atoms with van der Waals surface area (Å²) in [7, 11) is 1.55. The van der Waals surface area contributed by atoms with Crippen molar-refractivity contribution in [2.75, 3.05) is 13.6 Å². The molecule has 2 atom stereocenters. The molecule has 0 saturated carbocycles. The third-order valence-electron chi connectivity index (χ3n) is 5.41. The quantitative estimate of drug-likeness (QED) is 0.384. The highest BCUT2D eigenvalue weighted by Gasteiger charge is 2.30. The molecule has 3 aromatic rings. The second-order valence-electron chi connectivity index (χ2n) is 7.55. The Morgan fingerprint density at radius 2 is 1.58 bits per heavy atom. The van der Waals surface area contributed by atoms with Crippen LogP contribution in [0.25, 0.3) is 0 Å². The Morgan fingerprint density at radius 1 is 0.939 bits per heavy atom. The van der Waals surface area contributed by atoms with E-state index >= 15 is 0 Å². The maximum Gasteiger partial charge on any atom is 0.416 e. The van der Waals surface area contributed by atoms with E-state index in [9.17, 15) is 22.4 Å². The molecule has 0 aliphatic heterocycles. The van der Waals surface area contributed by atoms with Crippen molar-refractivity contribution >= 4 is 17.5 Å². The van der Waals surface area contributed by atoms with Gasteiger partial charge in [0.1, 0.15) is 11.9 Å². The van der Waals surface area contributed by atoms with Crippen LogP contribution in [0.1, 0.15) is 40.6 Å². The number of rotatable bonds is 8. The Hall–Kier alpha value is -2.90. The van der Waals surface area contributed by atoms with Gasteiger partial charge in [-0.25, -0.2) is 4.39 Å². The molecule has 0 aliphatic carbocycles. The molecule has 0 unspecified atom stereocenters. The number of halogens is 5. The van der Waals surface area contributed by atoms with Crippen molar-refractivity contribution in [1.29, 1.82) is 0 Å². The average molecular weight is 479 g/mol. The van der Waals surface area contributed by atoms with Gasteiger partial charge in [-0.1, -0.05) is 60.1 Å². The summed E-state index contributed by atoms with van der Waals surface area (Å²) in [6.07, 6.45) is -4.00. The van der Waals surface area contributed by atoms with Gasteiger partial charge in [0.2, 0.25) is 5.91 Å². The highest BCUT2D eigenvalue weighted by Crippen LogP contribution is 2.34. The molecule has 0 radical (unpaired) electrons. The van der Waals surface area contributed by atoms with Gasteiger partial charge >= 0.3 is 6.18 Å². The first kappa shape index (κ1) is 24.7. The largest absolute Gasteiger partial charge is 0.416 e. The molecule has 2 N–H and O–H groups in total. The van der Waals surface area contributed by atoms with Crippen LogP contribution in [0.4, 0.5) is 17.6 Å². The van der Waals surface area contributed by atoms with Crippen molar-refractivity contribution in [1.82, 2.24) is 10.6 Å². The minimum atomic E-state index is -4.44. The van der Waals surface area contributed by atoms with Gasteiger partial charge in [-0.05, 0) is 53.9 Å². The maximum absolute atomic E-state index is 13.7. The molecule has 0 aliphatic rings. The molecule has 174 valence electrons. The van der Waals surface area contributed by atoms with Gasteiger partial charge < -0.3 is 10.6 Å². The summed E-state index contributed by atoms with van der Waals surface area (Å²) < 4.78 is 52.7. The zero-order valence-corrected chi connectivity index (χ0v) is 18.6. The van der Waals surface area contributed by atoms with Crippen molar-refractivity contribution in [3.8, 4) is 0 Å². The predicted molar refractivity (Wildman–Crippen MR) is 121 cm³/mol. The van der Waals surface area contributed by atoms with E-state index in [0.29, 0.717) is 24.1 Å².